The number of rotatable bonds is 5. The molecule has 2 saturated heterocycles. The van der Waals surface area contributed by atoms with Crippen molar-refractivity contribution in [1.82, 2.24) is 14.8 Å². The van der Waals surface area contributed by atoms with Crippen LogP contribution in [-0.4, -0.2) is 64.9 Å². The zero-order valence-electron chi connectivity index (χ0n) is 14.7. The normalized spacial score (nSPS) is 22.1. The van der Waals surface area contributed by atoms with Gasteiger partial charge in [0.15, 0.2) is 0 Å². The van der Waals surface area contributed by atoms with E-state index in [1.54, 1.807) is 18.3 Å². The van der Waals surface area contributed by atoms with E-state index in [0.29, 0.717) is 37.2 Å². The van der Waals surface area contributed by atoms with E-state index in [-0.39, 0.29) is 17.9 Å². The molecule has 136 valence electrons. The second kappa shape index (κ2) is 7.82. The van der Waals surface area contributed by atoms with Gasteiger partial charge in [0.2, 0.25) is 11.8 Å². The summed E-state index contributed by atoms with van der Waals surface area (Å²) in [5.41, 5.74) is 6.04. The fourth-order valence-corrected chi connectivity index (χ4v) is 3.91. The van der Waals surface area contributed by atoms with E-state index < -0.39 is 0 Å². The topological polar surface area (TPSA) is 88.8 Å². The van der Waals surface area contributed by atoms with Crippen molar-refractivity contribution in [2.24, 2.45) is 5.73 Å². The first-order valence-electron chi connectivity index (χ1n) is 9.04. The number of likely N-dealkylation sites (tertiary alicyclic amines) is 2. The van der Waals surface area contributed by atoms with Crippen LogP contribution in [-0.2, 0) is 4.79 Å². The molecule has 2 aliphatic heterocycles. The van der Waals surface area contributed by atoms with Crippen LogP contribution >= 0.6 is 0 Å². The van der Waals surface area contributed by atoms with Crippen LogP contribution in [0, 0.1) is 0 Å². The van der Waals surface area contributed by atoms with Crippen LogP contribution in [0.15, 0.2) is 18.3 Å². The summed E-state index contributed by atoms with van der Waals surface area (Å²) in [6, 6.07) is 3.69. The number of primary amides is 1. The Labute approximate surface area is 148 Å². The monoisotopic (exact) mass is 346 g/mol. The molecule has 0 aromatic carbocycles. The number of ether oxygens (including phenoxy) is 1. The van der Waals surface area contributed by atoms with Crippen LogP contribution in [0.1, 0.15) is 43.0 Å². The third kappa shape index (κ3) is 3.76. The Bertz CT molecular complexity index is 629. The first kappa shape index (κ1) is 17.7. The molecule has 0 saturated carbocycles. The number of aromatic nitrogens is 1. The van der Waals surface area contributed by atoms with E-state index >= 15 is 0 Å². The highest BCUT2D eigenvalue weighted by molar-refractivity contribution is 5.96. The van der Waals surface area contributed by atoms with E-state index in [0.717, 1.165) is 32.2 Å². The van der Waals surface area contributed by atoms with Crippen LogP contribution in [0.4, 0.5) is 0 Å². The lowest BCUT2D eigenvalue weighted by Gasteiger charge is -2.38. The molecule has 0 radical (unpaired) electrons. The molecule has 1 atom stereocenters. The largest absolute Gasteiger partial charge is 0.477 e. The summed E-state index contributed by atoms with van der Waals surface area (Å²) in [5.74, 6) is 0.126. The Morgan fingerprint density at radius 1 is 1.28 bits per heavy atom. The molecule has 1 unspecified atom stereocenters. The smallest absolute Gasteiger partial charge is 0.259 e. The van der Waals surface area contributed by atoms with E-state index in [2.05, 4.69) is 9.88 Å². The van der Waals surface area contributed by atoms with Crippen molar-refractivity contribution < 1.29 is 14.3 Å². The molecular weight excluding hydrogens is 320 g/mol. The summed E-state index contributed by atoms with van der Waals surface area (Å²) >= 11 is 0. The average molecular weight is 346 g/mol. The molecule has 2 N–H and O–H groups in total. The molecule has 25 heavy (non-hydrogen) atoms. The Kier molecular flexibility index (Phi) is 5.53. The second-order valence-electron chi connectivity index (χ2n) is 6.61. The zero-order valence-corrected chi connectivity index (χ0v) is 14.7. The number of amides is 2. The van der Waals surface area contributed by atoms with E-state index in [1.165, 1.54) is 0 Å². The minimum Gasteiger partial charge on any atom is -0.477 e. The summed E-state index contributed by atoms with van der Waals surface area (Å²) in [6.07, 6.45) is 5.22. The van der Waals surface area contributed by atoms with Gasteiger partial charge in [0.05, 0.1) is 12.6 Å². The minimum absolute atomic E-state index is 0.0390. The van der Waals surface area contributed by atoms with E-state index in [9.17, 15) is 9.59 Å². The quantitative estimate of drug-likeness (QED) is 0.860. The number of carbonyl (C=O) groups excluding carboxylic acids is 2. The maximum Gasteiger partial charge on any atom is 0.259 e. The van der Waals surface area contributed by atoms with Crippen molar-refractivity contribution in [1.29, 1.82) is 0 Å². The lowest BCUT2D eigenvalue weighted by molar-refractivity contribution is -0.123. The predicted octanol–water partition coefficient (Wildman–Crippen LogP) is 1.03. The van der Waals surface area contributed by atoms with Gasteiger partial charge in [-0.25, -0.2) is 4.98 Å². The third-order valence-electron chi connectivity index (χ3n) is 5.13. The van der Waals surface area contributed by atoms with Gasteiger partial charge in [-0.2, -0.15) is 0 Å². The van der Waals surface area contributed by atoms with Gasteiger partial charge in [0.1, 0.15) is 5.56 Å². The van der Waals surface area contributed by atoms with Crippen molar-refractivity contribution in [3.8, 4) is 5.88 Å². The number of hydrogen-bond acceptors (Lipinski definition) is 5. The Morgan fingerprint density at radius 2 is 2.04 bits per heavy atom. The van der Waals surface area contributed by atoms with Crippen molar-refractivity contribution in [3.63, 3.8) is 0 Å². The molecule has 2 aliphatic rings. The highest BCUT2D eigenvalue weighted by Gasteiger charge is 2.36. The number of nitrogens with two attached hydrogens (primary N) is 1. The molecule has 0 aliphatic carbocycles. The van der Waals surface area contributed by atoms with Crippen molar-refractivity contribution in [2.75, 3.05) is 26.2 Å². The Balaban J connectivity index is 1.62. The number of carbonyl (C=O) groups is 2. The molecule has 3 rings (SSSR count). The van der Waals surface area contributed by atoms with Crippen molar-refractivity contribution in [2.45, 2.75) is 44.7 Å². The summed E-state index contributed by atoms with van der Waals surface area (Å²) in [4.78, 5) is 32.7. The first-order valence-corrected chi connectivity index (χ1v) is 9.04. The van der Waals surface area contributed by atoms with Crippen LogP contribution in [0.5, 0.6) is 5.88 Å². The highest BCUT2D eigenvalue weighted by atomic mass is 16.5. The van der Waals surface area contributed by atoms with Gasteiger partial charge in [-0.1, -0.05) is 0 Å². The molecule has 2 fully saturated rings. The van der Waals surface area contributed by atoms with Gasteiger partial charge in [-0.15, -0.1) is 0 Å². The molecule has 2 amide bonds. The number of hydrogen-bond donors (Lipinski definition) is 1. The van der Waals surface area contributed by atoms with Crippen LogP contribution in [0.3, 0.4) is 0 Å². The third-order valence-corrected chi connectivity index (χ3v) is 5.13. The Hall–Kier alpha value is -2.15. The van der Waals surface area contributed by atoms with Crippen molar-refractivity contribution >= 4 is 11.8 Å². The Morgan fingerprint density at radius 3 is 2.72 bits per heavy atom. The molecular formula is C18H26N4O3. The minimum atomic E-state index is -0.229. The molecule has 7 heteroatoms. The molecule has 1 aromatic heterocycles. The van der Waals surface area contributed by atoms with Gasteiger partial charge in [0, 0.05) is 25.3 Å². The molecule has 1 aromatic rings. The van der Waals surface area contributed by atoms with Crippen LogP contribution in [0.25, 0.3) is 0 Å². The average Bonchev–Trinajstić information content (AvgIpc) is 3.12. The highest BCUT2D eigenvalue weighted by Crippen LogP contribution is 2.27. The zero-order chi connectivity index (χ0) is 17.8. The lowest BCUT2D eigenvalue weighted by atomic mass is 10.0. The predicted molar refractivity (Wildman–Crippen MR) is 93.3 cm³/mol. The summed E-state index contributed by atoms with van der Waals surface area (Å²) < 4.78 is 5.47. The lowest BCUT2D eigenvalue weighted by Crippen LogP contribution is -2.51. The molecule has 3 heterocycles. The van der Waals surface area contributed by atoms with Gasteiger partial charge < -0.3 is 15.4 Å². The SMILES string of the molecule is CCOc1ncccc1C(=O)N1CCC(N2CCCC2C(N)=O)CC1. The molecule has 0 spiro atoms. The van der Waals surface area contributed by atoms with E-state index in [1.807, 2.05) is 11.8 Å². The maximum absolute atomic E-state index is 12.8. The standard InChI is InChI=1S/C18H26N4O3/c1-2-25-17-14(5-3-9-20-17)18(24)21-11-7-13(8-12-21)22-10-4-6-15(22)16(19)23/h3,5,9,13,15H,2,4,6-8,10-12H2,1H3,(H2,19,23). The number of nitrogens with zero attached hydrogens (tertiary/aromatic N) is 3. The molecule has 7 nitrogen and oxygen atoms in total. The van der Waals surface area contributed by atoms with Crippen LogP contribution < -0.4 is 10.5 Å². The fraction of sp³-hybridized carbons (Fsp3) is 0.611. The van der Waals surface area contributed by atoms with Gasteiger partial charge >= 0.3 is 0 Å². The maximum atomic E-state index is 12.8. The summed E-state index contributed by atoms with van der Waals surface area (Å²) in [6.45, 7) is 4.61. The van der Waals surface area contributed by atoms with Gasteiger partial charge in [0.25, 0.3) is 5.91 Å². The summed E-state index contributed by atoms with van der Waals surface area (Å²) in [7, 11) is 0. The molecule has 0 bridgehead atoms. The number of pyridine rings is 1. The van der Waals surface area contributed by atoms with Gasteiger partial charge in [-0.05, 0) is 51.3 Å². The number of piperidine rings is 1. The van der Waals surface area contributed by atoms with Crippen molar-refractivity contribution in [3.05, 3.63) is 23.9 Å². The van der Waals surface area contributed by atoms with E-state index in [4.69, 9.17) is 10.5 Å². The van der Waals surface area contributed by atoms with Gasteiger partial charge in [-0.3, -0.25) is 14.5 Å². The fourth-order valence-electron chi connectivity index (χ4n) is 3.91. The first-order chi connectivity index (χ1) is 12.1. The van der Waals surface area contributed by atoms with Crippen LogP contribution in [0.2, 0.25) is 0 Å². The summed E-state index contributed by atoms with van der Waals surface area (Å²) in [5, 5.41) is 0. The second-order valence-corrected chi connectivity index (χ2v) is 6.61.